The van der Waals surface area contributed by atoms with Crippen LogP contribution in [0.4, 0.5) is 0 Å². The van der Waals surface area contributed by atoms with E-state index < -0.39 is 10.0 Å². The maximum absolute atomic E-state index is 11.9. The standard InChI is InChI=1S/C15H19N3O2S/c1-2-3-11-21(19,20)18-12-14-5-4-8-17-15(14)13-6-9-16-10-7-13/h4-10,18H,2-3,11-12H2,1H3. The number of pyridine rings is 2. The Kier molecular flexibility index (Phi) is 5.41. The van der Waals surface area contributed by atoms with Gasteiger partial charge in [-0.2, -0.15) is 0 Å². The number of nitrogens with zero attached hydrogens (tertiary/aromatic N) is 2. The molecule has 0 unspecified atom stereocenters. The van der Waals surface area contributed by atoms with Crippen molar-refractivity contribution in [2.45, 2.75) is 26.3 Å². The van der Waals surface area contributed by atoms with Gasteiger partial charge in [-0.15, -0.1) is 0 Å². The molecule has 2 heterocycles. The van der Waals surface area contributed by atoms with Gasteiger partial charge in [0.05, 0.1) is 11.4 Å². The van der Waals surface area contributed by atoms with E-state index in [0.29, 0.717) is 6.42 Å². The highest BCUT2D eigenvalue weighted by molar-refractivity contribution is 7.89. The van der Waals surface area contributed by atoms with Crippen LogP contribution in [0.5, 0.6) is 0 Å². The first-order chi connectivity index (χ1) is 10.1. The van der Waals surface area contributed by atoms with Crippen LogP contribution in [-0.2, 0) is 16.6 Å². The second kappa shape index (κ2) is 7.28. The van der Waals surface area contributed by atoms with Gasteiger partial charge in [-0.25, -0.2) is 13.1 Å². The van der Waals surface area contributed by atoms with Crippen molar-refractivity contribution in [3.63, 3.8) is 0 Å². The molecule has 0 radical (unpaired) electrons. The van der Waals surface area contributed by atoms with Crippen LogP contribution in [-0.4, -0.2) is 24.1 Å². The van der Waals surface area contributed by atoms with Crippen LogP contribution in [0.3, 0.4) is 0 Å². The van der Waals surface area contributed by atoms with E-state index in [1.54, 1.807) is 24.7 Å². The lowest BCUT2D eigenvalue weighted by Gasteiger charge is -2.10. The summed E-state index contributed by atoms with van der Waals surface area (Å²) in [6.07, 6.45) is 6.61. The molecule has 0 aliphatic rings. The van der Waals surface area contributed by atoms with Gasteiger partial charge < -0.3 is 0 Å². The number of unbranched alkanes of at least 4 members (excludes halogenated alkanes) is 1. The Morgan fingerprint density at radius 2 is 1.90 bits per heavy atom. The van der Waals surface area contributed by atoms with E-state index in [1.165, 1.54) is 0 Å². The third kappa shape index (κ3) is 4.61. The van der Waals surface area contributed by atoms with Crippen LogP contribution in [0.15, 0.2) is 42.9 Å². The third-order valence-electron chi connectivity index (χ3n) is 3.09. The van der Waals surface area contributed by atoms with Crippen molar-refractivity contribution in [3.8, 4) is 11.3 Å². The molecule has 2 aromatic rings. The first-order valence-electron chi connectivity index (χ1n) is 6.94. The first kappa shape index (κ1) is 15.6. The maximum Gasteiger partial charge on any atom is 0.211 e. The first-order valence-corrected chi connectivity index (χ1v) is 8.59. The minimum Gasteiger partial charge on any atom is -0.265 e. The summed E-state index contributed by atoms with van der Waals surface area (Å²) >= 11 is 0. The lowest BCUT2D eigenvalue weighted by atomic mass is 10.1. The van der Waals surface area contributed by atoms with E-state index in [0.717, 1.165) is 23.2 Å². The lowest BCUT2D eigenvalue weighted by Crippen LogP contribution is -2.26. The third-order valence-corrected chi connectivity index (χ3v) is 4.50. The lowest BCUT2D eigenvalue weighted by molar-refractivity contribution is 0.578. The molecule has 0 spiro atoms. The van der Waals surface area contributed by atoms with Crippen molar-refractivity contribution in [2.24, 2.45) is 0 Å². The van der Waals surface area contributed by atoms with Gasteiger partial charge in [-0.3, -0.25) is 9.97 Å². The minimum absolute atomic E-state index is 0.161. The fourth-order valence-corrected chi connectivity index (χ4v) is 3.13. The molecule has 0 aromatic carbocycles. The summed E-state index contributed by atoms with van der Waals surface area (Å²) in [5.74, 6) is 0.161. The summed E-state index contributed by atoms with van der Waals surface area (Å²) < 4.78 is 26.4. The van der Waals surface area contributed by atoms with E-state index in [4.69, 9.17) is 0 Å². The van der Waals surface area contributed by atoms with Gasteiger partial charge in [0, 0.05) is 30.7 Å². The van der Waals surface area contributed by atoms with Gasteiger partial charge in [0.1, 0.15) is 0 Å². The molecule has 2 rings (SSSR count). The molecule has 0 saturated carbocycles. The number of nitrogens with one attached hydrogen (secondary N) is 1. The van der Waals surface area contributed by atoms with Crippen LogP contribution in [0.25, 0.3) is 11.3 Å². The second-order valence-corrected chi connectivity index (χ2v) is 6.67. The zero-order valence-corrected chi connectivity index (χ0v) is 12.8. The molecular weight excluding hydrogens is 286 g/mol. The Balaban J connectivity index is 2.15. The summed E-state index contributed by atoms with van der Waals surface area (Å²) in [5, 5.41) is 0. The Labute approximate surface area is 125 Å². The van der Waals surface area contributed by atoms with Gasteiger partial charge >= 0.3 is 0 Å². The van der Waals surface area contributed by atoms with Crippen molar-refractivity contribution in [2.75, 3.05) is 5.75 Å². The van der Waals surface area contributed by atoms with E-state index >= 15 is 0 Å². The fourth-order valence-electron chi connectivity index (χ4n) is 1.95. The summed E-state index contributed by atoms with van der Waals surface area (Å²) in [4.78, 5) is 8.33. The Hall–Kier alpha value is -1.79. The van der Waals surface area contributed by atoms with Crippen LogP contribution in [0, 0.1) is 0 Å². The van der Waals surface area contributed by atoms with Crippen LogP contribution in [0.1, 0.15) is 25.3 Å². The summed E-state index contributed by atoms with van der Waals surface area (Å²) in [6.45, 7) is 2.22. The Bertz CT molecular complexity index is 672. The molecule has 0 aliphatic heterocycles. The zero-order chi connectivity index (χ0) is 15.1. The van der Waals surface area contributed by atoms with Gasteiger partial charge in [0.2, 0.25) is 10.0 Å². The van der Waals surface area contributed by atoms with E-state index in [2.05, 4.69) is 14.7 Å². The van der Waals surface area contributed by atoms with Crippen LogP contribution < -0.4 is 4.72 Å². The largest absolute Gasteiger partial charge is 0.265 e. The second-order valence-electron chi connectivity index (χ2n) is 4.74. The molecule has 1 N–H and O–H groups in total. The summed E-state index contributed by atoms with van der Waals surface area (Å²) in [6, 6.07) is 7.40. The monoisotopic (exact) mass is 305 g/mol. The number of aromatic nitrogens is 2. The fraction of sp³-hybridized carbons (Fsp3) is 0.333. The quantitative estimate of drug-likeness (QED) is 0.852. The predicted octanol–water partition coefficient (Wildman–Crippen LogP) is 2.36. The van der Waals surface area contributed by atoms with Crippen molar-refractivity contribution < 1.29 is 8.42 Å². The zero-order valence-electron chi connectivity index (χ0n) is 12.0. The molecule has 5 nitrogen and oxygen atoms in total. The molecule has 0 saturated heterocycles. The molecule has 0 amide bonds. The number of hydrogen-bond donors (Lipinski definition) is 1. The van der Waals surface area contributed by atoms with E-state index in [1.807, 2.05) is 25.1 Å². The van der Waals surface area contributed by atoms with Crippen molar-refractivity contribution in [1.82, 2.24) is 14.7 Å². The number of rotatable bonds is 7. The highest BCUT2D eigenvalue weighted by Gasteiger charge is 2.12. The van der Waals surface area contributed by atoms with Crippen molar-refractivity contribution in [3.05, 3.63) is 48.4 Å². The Morgan fingerprint density at radius 1 is 1.14 bits per heavy atom. The average Bonchev–Trinajstić information content (AvgIpc) is 2.52. The average molecular weight is 305 g/mol. The molecule has 112 valence electrons. The molecule has 6 heteroatoms. The molecule has 0 fully saturated rings. The smallest absolute Gasteiger partial charge is 0.211 e. The minimum atomic E-state index is -3.23. The molecule has 0 aliphatic carbocycles. The van der Waals surface area contributed by atoms with Crippen molar-refractivity contribution >= 4 is 10.0 Å². The van der Waals surface area contributed by atoms with Gasteiger partial charge in [-0.1, -0.05) is 19.4 Å². The Morgan fingerprint density at radius 3 is 2.62 bits per heavy atom. The molecule has 2 aromatic heterocycles. The molecule has 21 heavy (non-hydrogen) atoms. The van der Waals surface area contributed by atoms with Crippen LogP contribution >= 0.6 is 0 Å². The van der Waals surface area contributed by atoms with Crippen LogP contribution in [0.2, 0.25) is 0 Å². The van der Waals surface area contributed by atoms with E-state index in [-0.39, 0.29) is 12.3 Å². The van der Waals surface area contributed by atoms with Gasteiger partial charge in [0.15, 0.2) is 0 Å². The summed E-state index contributed by atoms with van der Waals surface area (Å²) in [7, 11) is -3.23. The topological polar surface area (TPSA) is 72.0 Å². The van der Waals surface area contributed by atoms with Gasteiger partial charge in [-0.05, 0) is 30.2 Å². The number of sulfonamides is 1. The molecule has 0 bridgehead atoms. The predicted molar refractivity (Wildman–Crippen MR) is 83.0 cm³/mol. The number of hydrogen-bond acceptors (Lipinski definition) is 4. The SMILES string of the molecule is CCCCS(=O)(=O)NCc1cccnc1-c1ccncc1. The highest BCUT2D eigenvalue weighted by Crippen LogP contribution is 2.20. The van der Waals surface area contributed by atoms with Gasteiger partial charge in [0.25, 0.3) is 0 Å². The van der Waals surface area contributed by atoms with E-state index in [9.17, 15) is 8.42 Å². The normalized spacial score (nSPS) is 11.5. The molecule has 0 atom stereocenters. The van der Waals surface area contributed by atoms with Crippen molar-refractivity contribution in [1.29, 1.82) is 0 Å². The molecular formula is C15H19N3O2S. The summed E-state index contributed by atoms with van der Waals surface area (Å²) in [5.41, 5.74) is 2.55. The maximum atomic E-state index is 11.9. The highest BCUT2D eigenvalue weighted by atomic mass is 32.2.